The van der Waals surface area contributed by atoms with Gasteiger partial charge in [-0.2, -0.15) is 9.68 Å². The van der Waals surface area contributed by atoms with Gasteiger partial charge in [0.1, 0.15) is 35.4 Å². The minimum absolute atomic E-state index is 0.271. The number of carboxylic acids is 2. The molecule has 0 unspecified atom stereocenters. The van der Waals surface area contributed by atoms with Crippen molar-refractivity contribution in [2.45, 2.75) is 219 Å². The summed E-state index contributed by atoms with van der Waals surface area (Å²) in [6, 6.07) is 0. The van der Waals surface area contributed by atoms with Gasteiger partial charge in [0.25, 0.3) is 0 Å². The lowest BCUT2D eigenvalue weighted by Crippen LogP contribution is -2.96. The maximum absolute atomic E-state index is 14.7. The van der Waals surface area contributed by atoms with Gasteiger partial charge in [-0.15, -0.1) is 9.29 Å². The van der Waals surface area contributed by atoms with E-state index in [9.17, 15) is 19.8 Å². The fraction of sp³-hybridized carbons (Fsp3) is 0.947. The van der Waals surface area contributed by atoms with E-state index >= 15 is 0 Å². The van der Waals surface area contributed by atoms with Gasteiger partial charge in [-0.25, -0.2) is 4.79 Å². The summed E-state index contributed by atoms with van der Waals surface area (Å²) in [7, 11) is 0. The van der Waals surface area contributed by atoms with Crippen molar-refractivity contribution in [1.29, 1.82) is 0 Å². The SMILES string of the molecule is CCCCCCCCO[N+]1(C(CC(=O)O)(C(=O)O)[N+]2(OCCCCCCCC)C(C)(C)CCCC2(C)C)C(C)(C)CCCC1(C)C. The van der Waals surface area contributed by atoms with Crippen LogP contribution in [0.2, 0.25) is 0 Å². The number of hydrogen-bond donors (Lipinski definition) is 2. The zero-order valence-corrected chi connectivity index (χ0v) is 31.8. The van der Waals surface area contributed by atoms with Gasteiger partial charge in [-0.05, 0) is 81.1 Å². The van der Waals surface area contributed by atoms with E-state index in [4.69, 9.17) is 9.68 Å². The van der Waals surface area contributed by atoms with Crippen LogP contribution in [0.4, 0.5) is 0 Å². The molecule has 2 fully saturated rings. The molecular formula is C38H74N2O6+2. The van der Waals surface area contributed by atoms with Crippen molar-refractivity contribution in [3.63, 3.8) is 0 Å². The van der Waals surface area contributed by atoms with Gasteiger partial charge < -0.3 is 10.2 Å². The summed E-state index contributed by atoms with van der Waals surface area (Å²) in [5.74, 6) is -2.26. The molecule has 8 nitrogen and oxygen atoms in total. The van der Waals surface area contributed by atoms with Crippen LogP contribution in [-0.4, -0.2) is 72.5 Å². The summed E-state index contributed by atoms with van der Waals surface area (Å²) >= 11 is 0. The molecule has 0 bridgehead atoms. The van der Waals surface area contributed by atoms with Gasteiger partial charge in [0.2, 0.25) is 0 Å². The predicted octanol–water partition coefficient (Wildman–Crippen LogP) is 9.94. The molecular weight excluding hydrogens is 580 g/mol. The molecule has 0 aliphatic carbocycles. The molecule has 2 aliphatic rings. The van der Waals surface area contributed by atoms with Crippen LogP contribution < -0.4 is 0 Å². The number of rotatable bonds is 21. The summed E-state index contributed by atoms with van der Waals surface area (Å²) < 4.78 is -0.542. The number of piperidine rings is 2. The Labute approximate surface area is 282 Å². The second-order valence-corrected chi connectivity index (χ2v) is 17.1. The van der Waals surface area contributed by atoms with Gasteiger partial charge in [-0.3, -0.25) is 4.79 Å². The van der Waals surface area contributed by atoms with Crippen LogP contribution in [0.5, 0.6) is 0 Å². The zero-order valence-electron chi connectivity index (χ0n) is 31.8. The quantitative estimate of drug-likeness (QED) is 0.0945. The Morgan fingerprint density at radius 2 is 0.870 bits per heavy atom. The number of aliphatic carboxylic acids is 2. The third-order valence-corrected chi connectivity index (χ3v) is 11.9. The molecule has 2 rings (SSSR count). The Bertz CT molecular complexity index is 880. The van der Waals surface area contributed by atoms with Crippen LogP contribution in [-0.2, 0) is 19.3 Å². The molecule has 46 heavy (non-hydrogen) atoms. The Morgan fingerprint density at radius 3 is 1.15 bits per heavy atom. The van der Waals surface area contributed by atoms with E-state index in [1.807, 2.05) is 0 Å². The molecule has 270 valence electrons. The third-order valence-electron chi connectivity index (χ3n) is 11.9. The Kier molecular flexibility index (Phi) is 14.6. The lowest BCUT2D eigenvalue weighted by Gasteiger charge is -2.71. The number of hydrogen-bond acceptors (Lipinski definition) is 4. The Hall–Kier alpha value is -1.22. The summed E-state index contributed by atoms with van der Waals surface area (Å²) in [4.78, 5) is 42.5. The smallest absolute Gasteiger partial charge is 0.434 e. The second-order valence-electron chi connectivity index (χ2n) is 17.1. The first-order valence-electron chi connectivity index (χ1n) is 18.9. The van der Waals surface area contributed by atoms with Crippen LogP contribution in [0.1, 0.15) is 191 Å². The zero-order chi connectivity index (χ0) is 34.9. The molecule has 8 heteroatoms. The fourth-order valence-electron chi connectivity index (χ4n) is 10.2. The highest BCUT2D eigenvalue weighted by molar-refractivity contribution is 5.82. The van der Waals surface area contributed by atoms with Crippen LogP contribution in [0.3, 0.4) is 0 Å². The second kappa shape index (κ2) is 16.5. The average Bonchev–Trinajstić information content (AvgIpc) is 2.92. The molecule has 2 heterocycles. The third kappa shape index (κ3) is 7.50. The lowest BCUT2D eigenvalue weighted by molar-refractivity contribution is -1.36. The van der Waals surface area contributed by atoms with Crippen LogP contribution in [0.25, 0.3) is 0 Å². The fourth-order valence-corrected chi connectivity index (χ4v) is 10.2. The summed E-state index contributed by atoms with van der Waals surface area (Å²) in [5.41, 5.74) is -4.77. The van der Waals surface area contributed by atoms with Crippen molar-refractivity contribution in [1.82, 2.24) is 0 Å². The van der Waals surface area contributed by atoms with Crippen molar-refractivity contribution >= 4 is 11.9 Å². The summed E-state index contributed by atoms with van der Waals surface area (Å²) in [6.45, 7) is 22.1. The van der Waals surface area contributed by atoms with Crippen LogP contribution in [0.15, 0.2) is 0 Å². The van der Waals surface area contributed by atoms with E-state index in [-0.39, 0.29) is 9.29 Å². The molecule has 0 atom stereocenters. The van der Waals surface area contributed by atoms with Gasteiger partial charge in [-0.1, -0.05) is 78.1 Å². The van der Waals surface area contributed by atoms with Gasteiger partial charge >= 0.3 is 17.6 Å². The highest BCUT2D eigenvalue weighted by Crippen LogP contribution is 2.63. The van der Waals surface area contributed by atoms with Crippen molar-refractivity contribution in [2.24, 2.45) is 0 Å². The van der Waals surface area contributed by atoms with Crippen molar-refractivity contribution < 1.29 is 38.8 Å². The number of likely N-dealkylation sites (tertiary alicyclic amines) is 2. The number of nitrogens with zero attached hydrogens (tertiary/aromatic N) is 2. The van der Waals surface area contributed by atoms with Crippen molar-refractivity contribution in [3.05, 3.63) is 0 Å². The van der Waals surface area contributed by atoms with Gasteiger partial charge in [0, 0.05) is 25.7 Å². The number of unbranched alkanes of at least 4 members (excludes halogenated alkanes) is 10. The van der Waals surface area contributed by atoms with Gasteiger partial charge in [0.05, 0.1) is 0 Å². The summed E-state index contributed by atoms with van der Waals surface area (Å²) in [6.07, 6.45) is 17.2. The topological polar surface area (TPSA) is 93.1 Å². The molecule has 2 aliphatic heterocycles. The first-order chi connectivity index (χ1) is 21.4. The first kappa shape index (κ1) is 41.0. The number of hydroxylamine groups is 6. The number of carbonyl (C=O) groups is 2. The minimum Gasteiger partial charge on any atom is -0.481 e. The monoisotopic (exact) mass is 655 g/mol. The minimum atomic E-state index is -1.98. The predicted molar refractivity (Wildman–Crippen MR) is 186 cm³/mol. The molecule has 0 radical (unpaired) electrons. The number of carboxylic acid groups (broad SMARTS) is 2. The molecule has 0 spiro atoms. The molecule has 0 aromatic rings. The Balaban J connectivity index is 2.91. The van der Waals surface area contributed by atoms with Gasteiger partial charge in [0.15, 0.2) is 6.42 Å². The van der Waals surface area contributed by atoms with Crippen LogP contribution in [0, 0.1) is 0 Å². The highest BCUT2D eigenvalue weighted by atomic mass is 16.8. The van der Waals surface area contributed by atoms with Crippen molar-refractivity contribution in [3.8, 4) is 0 Å². The van der Waals surface area contributed by atoms with E-state index in [2.05, 4.69) is 69.2 Å². The van der Waals surface area contributed by atoms with E-state index in [1.165, 1.54) is 38.5 Å². The molecule has 0 aromatic heterocycles. The maximum Gasteiger partial charge on any atom is 0.434 e. The molecule has 0 amide bonds. The van der Waals surface area contributed by atoms with Crippen LogP contribution >= 0.6 is 0 Å². The Morgan fingerprint density at radius 1 is 0.565 bits per heavy atom. The standard InChI is InChI=1S/C38H72N2O6/c1-11-13-15-17-19-21-29-45-39(34(3,4)25-23-26-35(39,5)6)38(33(43)44,31-32(41)42)40(46-30-22-20-18-16-14-12-2)36(7,8)27-24-28-37(40,9)10/h11-31H2,1-10H3/p+2. The number of quaternary nitrogens is 2. The maximum atomic E-state index is 14.7. The summed E-state index contributed by atoms with van der Waals surface area (Å²) in [5, 5.41) is 22.8. The largest absolute Gasteiger partial charge is 0.481 e. The van der Waals surface area contributed by atoms with E-state index in [0.29, 0.717) is 13.2 Å². The highest BCUT2D eigenvalue weighted by Gasteiger charge is 2.88. The first-order valence-corrected chi connectivity index (χ1v) is 18.9. The van der Waals surface area contributed by atoms with E-state index in [1.54, 1.807) is 0 Å². The normalized spacial score (nSPS) is 22.7. The van der Waals surface area contributed by atoms with E-state index in [0.717, 1.165) is 77.0 Å². The molecule has 2 N–H and O–H groups in total. The lowest BCUT2D eigenvalue weighted by atomic mass is 9.69. The average molecular weight is 655 g/mol. The van der Waals surface area contributed by atoms with E-state index < -0.39 is 46.2 Å². The molecule has 0 aromatic carbocycles. The molecule has 2 saturated heterocycles. The molecule has 0 saturated carbocycles. The van der Waals surface area contributed by atoms with Crippen molar-refractivity contribution in [2.75, 3.05) is 13.2 Å².